The second-order valence-electron chi connectivity index (χ2n) is 4.29. The molecule has 2 nitrogen and oxygen atoms in total. The van der Waals surface area contributed by atoms with Gasteiger partial charge in [0.25, 0.3) is 0 Å². The van der Waals surface area contributed by atoms with Crippen LogP contribution in [0.3, 0.4) is 0 Å². The van der Waals surface area contributed by atoms with Gasteiger partial charge in [-0.05, 0) is 36.2 Å². The molecular weight excluding hydrogens is 305 g/mol. The zero-order chi connectivity index (χ0) is 14.7. The highest BCUT2D eigenvalue weighted by Crippen LogP contribution is 2.29. The Labute approximate surface area is 125 Å². The fourth-order valence-corrected chi connectivity index (χ4v) is 2.51. The number of rotatable bonds is 4. The van der Waals surface area contributed by atoms with E-state index in [2.05, 4.69) is 5.43 Å². The molecular formula is C14H12Cl2F2N2. The highest BCUT2D eigenvalue weighted by molar-refractivity contribution is 6.35. The van der Waals surface area contributed by atoms with Crippen molar-refractivity contribution in [2.24, 2.45) is 5.84 Å². The zero-order valence-corrected chi connectivity index (χ0v) is 11.8. The van der Waals surface area contributed by atoms with Gasteiger partial charge in [-0.15, -0.1) is 0 Å². The fraction of sp³-hybridized carbons (Fsp3) is 0.143. The Morgan fingerprint density at radius 2 is 1.75 bits per heavy atom. The fourth-order valence-electron chi connectivity index (χ4n) is 1.97. The van der Waals surface area contributed by atoms with Crippen LogP contribution >= 0.6 is 23.2 Å². The van der Waals surface area contributed by atoms with Crippen molar-refractivity contribution in [3.05, 3.63) is 69.2 Å². The first-order chi connectivity index (χ1) is 9.52. The van der Waals surface area contributed by atoms with Gasteiger partial charge in [0, 0.05) is 15.6 Å². The van der Waals surface area contributed by atoms with Gasteiger partial charge >= 0.3 is 0 Å². The van der Waals surface area contributed by atoms with Crippen LogP contribution in [-0.2, 0) is 6.42 Å². The molecule has 0 fully saturated rings. The van der Waals surface area contributed by atoms with Crippen molar-refractivity contribution in [3.8, 4) is 0 Å². The molecule has 3 N–H and O–H groups in total. The Kier molecular flexibility index (Phi) is 4.94. The molecule has 1 unspecified atom stereocenters. The smallest absolute Gasteiger partial charge is 0.129 e. The minimum atomic E-state index is -0.615. The van der Waals surface area contributed by atoms with E-state index in [0.29, 0.717) is 15.6 Å². The van der Waals surface area contributed by atoms with Gasteiger partial charge in [0.2, 0.25) is 0 Å². The number of nitrogens with one attached hydrogen (secondary N) is 1. The molecule has 0 aliphatic heterocycles. The van der Waals surface area contributed by atoms with Crippen molar-refractivity contribution in [3.63, 3.8) is 0 Å². The van der Waals surface area contributed by atoms with E-state index in [1.54, 1.807) is 18.2 Å². The minimum absolute atomic E-state index is 0.0381. The summed E-state index contributed by atoms with van der Waals surface area (Å²) in [6, 6.07) is 8.07. The van der Waals surface area contributed by atoms with Crippen LogP contribution in [0.25, 0.3) is 0 Å². The van der Waals surface area contributed by atoms with Crippen LogP contribution in [0.15, 0.2) is 36.4 Å². The van der Waals surface area contributed by atoms with Gasteiger partial charge in [0.1, 0.15) is 11.6 Å². The Morgan fingerprint density at radius 3 is 2.30 bits per heavy atom. The molecule has 20 heavy (non-hydrogen) atoms. The quantitative estimate of drug-likeness (QED) is 0.660. The van der Waals surface area contributed by atoms with Gasteiger partial charge in [-0.2, -0.15) is 0 Å². The SMILES string of the molecule is NNC(Cc1c(F)cccc1F)c1ccc(Cl)cc1Cl. The summed E-state index contributed by atoms with van der Waals surface area (Å²) < 4.78 is 27.3. The maximum Gasteiger partial charge on any atom is 0.129 e. The summed E-state index contributed by atoms with van der Waals surface area (Å²) in [5, 5.41) is 0.865. The molecule has 0 spiro atoms. The van der Waals surface area contributed by atoms with E-state index in [-0.39, 0.29) is 12.0 Å². The second-order valence-corrected chi connectivity index (χ2v) is 5.13. The molecule has 0 amide bonds. The van der Waals surface area contributed by atoms with E-state index >= 15 is 0 Å². The summed E-state index contributed by atoms with van der Waals surface area (Å²) in [5.74, 6) is 4.24. The molecule has 0 heterocycles. The molecule has 0 bridgehead atoms. The third kappa shape index (κ3) is 3.27. The lowest BCUT2D eigenvalue weighted by Crippen LogP contribution is -2.30. The normalized spacial score (nSPS) is 12.4. The predicted octanol–water partition coefficient (Wildman–Crippen LogP) is 4.02. The standard InChI is InChI=1S/C14H12Cl2F2N2/c15-8-4-5-9(11(16)6-8)14(20-19)7-10-12(17)2-1-3-13(10)18/h1-6,14,20H,7,19H2. The molecule has 6 heteroatoms. The summed E-state index contributed by atoms with van der Waals surface area (Å²) in [6.07, 6.45) is 0.0381. The van der Waals surface area contributed by atoms with Crippen LogP contribution in [-0.4, -0.2) is 0 Å². The molecule has 0 radical (unpaired) electrons. The number of hydrazine groups is 1. The Morgan fingerprint density at radius 1 is 1.10 bits per heavy atom. The largest absolute Gasteiger partial charge is 0.271 e. The van der Waals surface area contributed by atoms with Gasteiger partial charge in [-0.3, -0.25) is 11.3 Å². The lowest BCUT2D eigenvalue weighted by Gasteiger charge is -2.18. The number of hydrogen-bond acceptors (Lipinski definition) is 2. The molecule has 0 saturated heterocycles. The maximum atomic E-state index is 13.7. The molecule has 1 atom stereocenters. The van der Waals surface area contributed by atoms with Crippen LogP contribution in [0.4, 0.5) is 8.78 Å². The van der Waals surface area contributed by atoms with Crippen molar-refractivity contribution in [1.29, 1.82) is 0 Å². The average molecular weight is 317 g/mol. The molecule has 2 aromatic carbocycles. The first kappa shape index (κ1) is 15.2. The number of nitrogens with two attached hydrogens (primary N) is 1. The molecule has 0 saturated carbocycles. The lowest BCUT2D eigenvalue weighted by molar-refractivity contribution is 0.500. The highest BCUT2D eigenvalue weighted by atomic mass is 35.5. The first-order valence-corrected chi connectivity index (χ1v) is 6.62. The molecule has 2 rings (SSSR count). The number of halogens is 4. The van der Waals surface area contributed by atoms with Crippen LogP contribution in [0.2, 0.25) is 10.0 Å². The third-order valence-corrected chi connectivity index (χ3v) is 3.57. The van der Waals surface area contributed by atoms with E-state index < -0.39 is 17.7 Å². The summed E-state index contributed by atoms with van der Waals surface area (Å²) in [7, 11) is 0. The van der Waals surface area contributed by atoms with Gasteiger partial charge in [0.05, 0.1) is 6.04 Å². The van der Waals surface area contributed by atoms with Gasteiger partial charge in [-0.25, -0.2) is 8.78 Å². The number of benzene rings is 2. The zero-order valence-electron chi connectivity index (χ0n) is 10.3. The summed E-state index contributed by atoms with van der Waals surface area (Å²) in [6.45, 7) is 0. The first-order valence-electron chi connectivity index (χ1n) is 5.87. The third-order valence-electron chi connectivity index (χ3n) is 3.01. The Bertz CT molecular complexity index is 600. The molecule has 0 aromatic heterocycles. The van der Waals surface area contributed by atoms with Crippen molar-refractivity contribution < 1.29 is 8.78 Å². The van der Waals surface area contributed by atoms with Crippen molar-refractivity contribution >= 4 is 23.2 Å². The van der Waals surface area contributed by atoms with Crippen LogP contribution in [0.1, 0.15) is 17.2 Å². The Hall–Kier alpha value is -1.20. The average Bonchev–Trinajstić information content (AvgIpc) is 2.40. The second kappa shape index (κ2) is 6.50. The van der Waals surface area contributed by atoms with E-state index in [0.717, 1.165) is 0 Å². The highest BCUT2D eigenvalue weighted by Gasteiger charge is 2.18. The topological polar surface area (TPSA) is 38.0 Å². The molecule has 106 valence electrons. The van der Waals surface area contributed by atoms with Gasteiger partial charge < -0.3 is 0 Å². The Balaban J connectivity index is 2.34. The molecule has 2 aromatic rings. The van der Waals surface area contributed by atoms with Crippen LogP contribution < -0.4 is 11.3 Å². The predicted molar refractivity (Wildman–Crippen MR) is 76.6 cm³/mol. The van der Waals surface area contributed by atoms with E-state index in [9.17, 15) is 8.78 Å². The summed E-state index contributed by atoms with van der Waals surface area (Å²) in [4.78, 5) is 0. The maximum absolute atomic E-state index is 13.7. The van der Waals surface area contributed by atoms with Crippen LogP contribution in [0, 0.1) is 11.6 Å². The van der Waals surface area contributed by atoms with Crippen LogP contribution in [0.5, 0.6) is 0 Å². The monoisotopic (exact) mass is 316 g/mol. The van der Waals surface area contributed by atoms with Gasteiger partial charge in [-0.1, -0.05) is 35.3 Å². The molecule has 0 aliphatic carbocycles. The molecule has 0 aliphatic rings. The van der Waals surface area contributed by atoms with E-state index in [4.69, 9.17) is 29.0 Å². The van der Waals surface area contributed by atoms with E-state index in [1.807, 2.05) is 0 Å². The van der Waals surface area contributed by atoms with Crippen molar-refractivity contribution in [1.82, 2.24) is 5.43 Å². The summed E-state index contributed by atoms with van der Waals surface area (Å²) in [5.41, 5.74) is 3.11. The van der Waals surface area contributed by atoms with Crippen molar-refractivity contribution in [2.45, 2.75) is 12.5 Å². The summed E-state index contributed by atoms with van der Waals surface area (Å²) >= 11 is 11.9. The minimum Gasteiger partial charge on any atom is -0.271 e. The van der Waals surface area contributed by atoms with Crippen molar-refractivity contribution in [2.75, 3.05) is 0 Å². The van der Waals surface area contributed by atoms with E-state index in [1.165, 1.54) is 18.2 Å². The lowest BCUT2D eigenvalue weighted by atomic mass is 9.98. The van der Waals surface area contributed by atoms with Gasteiger partial charge in [0.15, 0.2) is 0 Å². The number of hydrogen-bond donors (Lipinski definition) is 2.